The predicted octanol–water partition coefficient (Wildman–Crippen LogP) is 4.16. The summed E-state index contributed by atoms with van der Waals surface area (Å²) in [7, 11) is 0. The van der Waals surface area contributed by atoms with E-state index in [9.17, 15) is 10.1 Å². The summed E-state index contributed by atoms with van der Waals surface area (Å²) in [5.74, 6) is -0.163. The first kappa shape index (κ1) is 18.9. The van der Waals surface area contributed by atoms with E-state index in [2.05, 4.69) is 43.1 Å². The van der Waals surface area contributed by atoms with Gasteiger partial charge < -0.3 is 10.2 Å². The van der Waals surface area contributed by atoms with Gasteiger partial charge in [0.05, 0.1) is 17.3 Å². The highest BCUT2D eigenvalue weighted by atomic mass is 32.2. The molecule has 0 saturated carbocycles. The standard InChI is InChI=1S/C20H23N3OS2/c1-20(2,3)14-7-8-15(13(11-14)12-21)16(23-9-5-4-6-10-23)17-18(24)22-19(25)26-17/h7-8,11H,4-6,9-10H2,1-3H3,(H,22,24,25). The molecule has 1 aromatic carbocycles. The Morgan fingerprint density at radius 3 is 2.50 bits per heavy atom. The average molecular weight is 386 g/mol. The van der Waals surface area contributed by atoms with Crippen LogP contribution in [0.2, 0.25) is 0 Å². The summed E-state index contributed by atoms with van der Waals surface area (Å²) in [6.45, 7) is 8.18. The van der Waals surface area contributed by atoms with Gasteiger partial charge in [0.15, 0.2) is 0 Å². The van der Waals surface area contributed by atoms with E-state index in [1.165, 1.54) is 18.2 Å². The molecule has 0 spiro atoms. The first-order valence-electron chi connectivity index (χ1n) is 8.88. The Hall–Kier alpha value is -1.84. The SMILES string of the molecule is CC(C)(C)c1ccc(C(=C2SC(=S)NC2=O)N2CCCCC2)c(C#N)c1. The van der Waals surface area contributed by atoms with Crippen LogP contribution in [0, 0.1) is 11.3 Å². The number of amides is 1. The van der Waals surface area contributed by atoms with Gasteiger partial charge in [-0.2, -0.15) is 5.26 Å². The lowest BCUT2D eigenvalue weighted by Gasteiger charge is -2.32. The maximum Gasteiger partial charge on any atom is 0.265 e. The number of nitrogens with zero attached hydrogens (tertiary/aromatic N) is 2. The van der Waals surface area contributed by atoms with Crippen molar-refractivity contribution in [3.8, 4) is 6.07 Å². The molecular weight excluding hydrogens is 362 g/mol. The minimum atomic E-state index is -0.163. The van der Waals surface area contributed by atoms with Gasteiger partial charge >= 0.3 is 0 Å². The van der Waals surface area contributed by atoms with Crippen LogP contribution in [0.5, 0.6) is 0 Å². The maximum absolute atomic E-state index is 12.5. The van der Waals surface area contributed by atoms with Crippen molar-refractivity contribution in [1.29, 1.82) is 5.26 Å². The highest BCUT2D eigenvalue weighted by Gasteiger charge is 2.31. The van der Waals surface area contributed by atoms with Gasteiger partial charge in [0, 0.05) is 18.7 Å². The number of hydrogen-bond acceptors (Lipinski definition) is 5. The molecule has 0 aromatic heterocycles. The number of likely N-dealkylation sites (tertiary alicyclic amines) is 1. The lowest BCUT2D eigenvalue weighted by atomic mass is 9.85. The highest BCUT2D eigenvalue weighted by Crippen LogP contribution is 2.37. The first-order valence-corrected chi connectivity index (χ1v) is 10.1. The Bertz CT molecular complexity index is 824. The van der Waals surface area contributed by atoms with E-state index in [0.717, 1.165) is 42.8 Å². The molecule has 26 heavy (non-hydrogen) atoms. The summed E-state index contributed by atoms with van der Waals surface area (Å²) < 4.78 is 0.476. The lowest BCUT2D eigenvalue weighted by molar-refractivity contribution is -0.115. The summed E-state index contributed by atoms with van der Waals surface area (Å²) in [5.41, 5.74) is 3.36. The van der Waals surface area contributed by atoms with E-state index in [-0.39, 0.29) is 11.3 Å². The van der Waals surface area contributed by atoms with E-state index in [4.69, 9.17) is 12.2 Å². The molecule has 2 aliphatic rings. The van der Waals surface area contributed by atoms with Crippen molar-refractivity contribution in [2.75, 3.05) is 13.1 Å². The molecule has 136 valence electrons. The second kappa shape index (κ2) is 7.42. The Balaban J connectivity index is 2.17. The van der Waals surface area contributed by atoms with Gasteiger partial charge in [-0.1, -0.05) is 56.9 Å². The fraction of sp³-hybridized carbons (Fsp3) is 0.450. The molecule has 6 heteroatoms. The second-order valence-electron chi connectivity index (χ2n) is 7.69. The summed E-state index contributed by atoms with van der Waals surface area (Å²) in [4.78, 5) is 15.3. The van der Waals surface area contributed by atoms with Gasteiger partial charge in [-0.3, -0.25) is 4.79 Å². The minimum Gasteiger partial charge on any atom is -0.370 e. The zero-order chi connectivity index (χ0) is 18.9. The number of thiocarbonyl (C=S) groups is 1. The maximum atomic E-state index is 12.5. The Labute approximate surface area is 164 Å². The van der Waals surface area contributed by atoms with Gasteiger partial charge in [-0.15, -0.1) is 0 Å². The monoisotopic (exact) mass is 385 g/mol. The molecule has 3 rings (SSSR count). The van der Waals surface area contributed by atoms with Gasteiger partial charge in [0.1, 0.15) is 9.23 Å². The fourth-order valence-corrected chi connectivity index (χ4v) is 4.48. The van der Waals surface area contributed by atoms with Crippen LogP contribution < -0.4 is 5.32 Å². The number of carbonyl (C=O) groups excluding carboxylic acids is 1. The molecule has 0 radical (unpaired) electrons. The first-order chi connectivity index (χ1) is 12.3. The number of nitrogens with one attached hydrogen (secondary N) is 1. The second-order valence-corrected chi connectivity index (χ2v) is 9.38. The van der Waals surface area contributed by atoms with Gasteiger partial charge in [-0.05, 0) is 36.3 Å². The topological polar surface area (TPSA) is 56.1 Å². The third-order valence-electron chi connectivity index (χ3n) is 4.77. The van der Waals surface area contributed by atoms with Crippen molar-refractivity contribution < 1.29 is 4.79 Å². The number of benzene rings is 1. The molecule has 1 N–H and O–H groups in total. The van der Waals surface area contributed by atoms with Crippen molar-refractivity contribution in [2.24, 2.45) is 0 Å². The molecule has 2 saturated heterocycles. The lowest BCUT2D eigenvalue weighted by Crippen LogP contribution is -2.30. The Morgan fingerprint density at radius 1 is 1.27 bits per heavy atom. The van der Waals surface area contributed by atoms with Crippen molar-refractivity contribution in [3.63, 3.8) is 0 Å². The molecule has 0 aliphatic carbocycles. The van der Waals surface area contributed by atoms with Crippen LogP contribution in [0.3, 0.4) is 0 Å². The van der Waals surface area contributed by atoms with Gasteiger partial charge in [0.25, 0.3) is 5.91 Å². The fourth-order valence-electron chi connectivity index (χ4n) is 3.33. The molecule has 0 atom stereocenters. The third kappa shape index (κ3) is 3.79. The van der Waals surface area contributed by atoms with Crippen molar-refractivity contribution >= 4 is 39.9 Å². The normalized spacial score (nSPS) is 20.0. The predicted molar refractivity (Wildman–Crippen MR) is 111 cm³/mol. The molecule has 0 bridgehead atoms. The molecule has 4 nitrogen and oxygen atoms in total. The summed E-state index contributed by atoms with van der Waals surface area (Å²) in [5, 5.41) is 12.5. The van der Waals surface area contributed by atoms with Crippen LogP contribution in [-0.4, -0.2) is 28.2 Å². The molecule has 2 fully saturated rings. The number of carbonyl (C=O) groups is 1. The number of thioether (sulfide) groups is 1. The van der Waals surface area contributed by atoms with Crippen LogP contribution in [0.4, 0.5) is 0 Å². The summed E-state index contributed by atoms with van der Waals surface area (Å²) >= 11 is 6.49. The van der Waals surface area contributed by atoms with Crippen molar-refractivity contribution in [1.82, 2.24) is 10.2 Å². The van der Waals surface area contributed by atoms with Crippen LogP contribution in [-0.2, 0) is 10.2 Å². The Kier molecular flexibility index (Phi) is 5.40. The minimum absolute atomic E-state index is 0.0381. The molecule has 1 aromatic rings. The molecule has 1 amide bonds. The van der Waals surface area contributed by atoms with Crippen LogP contribution in [0.15, 0.2) is 23.1 Å². The molecule has 2 aliphatic heterocycles. The number of piperidine rings is 1. The zero-order valence-corrected chi connectivity index (χ0v) is 17.0. The van der Waals surface area contributed by atoms with Gasteiger partial charge in [-0.25, -0.2) is 0 Å². The number of hydrogen-bond donors (Lipinski definition) is 1. The van der Waals surface area contributed by atoms with Crippen LogP contribution in [0.1, 0.15) is 56.7 Å². The summed E-state index contributed by atoms with van der Waals surface area (Å²) in [6, 6.07) is 8.35. The van der Waals surface area contributed by atoms with E-state index >= 15 is 0 Å². The molecule has 0 unspecified atom stereocenters. The van der Waals surface area contributed by atoms with E-state index < -0.39 is 0 Å². The molecule has 2 heterocycles. The molecular formula is C20H23N3OS2. The van der Waals surface area contributed by atoms with Crippen molar-refractivity contribution in [3.05, 3.63) is 39.8 Å². The smallest absolute Gasteiger partial charge is 0.265 e. The number of nitriles is 1. The van der Waals surface area contributed by atoms with Crippen LogP contribution in [0.25, 0.3) is 5.70 Å². The van der Waals surface area contributed by atoms with E-state index in [1.807, 2.05) is 12.1 Å². The third-order valence-corrected chi connectivity index (χ3v) is 5.99. The van der Waals surface area contributed by atoms with E-state index in [1.54, 1.807) is 0 Å². The van der Waals surface area contributed by atoms with E-state index in [0.29, 0.717) is 14.8 Å². The van der Waals surface area contributed by atoms with Gasteiger partial charge in [0.2, 0.25) is 0 Å². The Morgan fingerprint density at radius 2 is 1.96 bits per heavy atom. The van der Waals surface area contributed by atoms with Crippen LogP contribution >= 0.6 is 24.0 Å². The van der Waals surface area contributed by atoms with Crippen molar-refractivity contribution in [2.45, 2.75) is 45.4 Å². The zero-order valence-electron chi connectivity index (χ0n) is 15.4. The average Bonchev–Trinajstić information content (AvgIpc) is 2.93. The summed E-state index contributed by atoms with van der Waals surface area (Å²) in [6.07, 6.45) is 3.38. The highest BCUT2D eigenvalue weighted by molar-refractivity contribution is 8.26. The number of rotatable bonds is 2. The quantitative estimate of drug-likeness (QED) is 0.612. The largest absolute Gasteiger partial charge is 0.370 e.